The fourth-order valence-electron chi connectivity index (χ4n) is 2.21. The van der Waals surface area contributed by atoms with Crippen LogP contribution in [0.25, 0.3) is 5.69 Å². The van der Waals surface area contributed by atoms with Crippen molar-refractivity contribution in [1.82, 2.24) is 30.1 Å². The van der Waals surface area contributed by atoms with Crippen LogP contribution in [-0.2, 0) is 17.8 Å². The molecule has 0 atom stereocenters. The molecule has 0 N–H and O–H groups in total. The normalized spacial score (nSPS) is 10.5. The minimum atomic E-state index is 0.0593. The summed E-state index contributed by atoms with van der Waals surface area (Å²) in [4.78, 5) is 18.1. The summed E-state index contributed by atoms with van der Waals surface area (Å²) in [6.45, 7) is 0.551. The Morgan fingerprint density at radius 2 is 2.00 bits per heavy atom. The Kier molecular flexibility index (Phi) is 4.37. The maximum absolute atomic E-state index is 12.3. The molecule has 0 bridgehead atoms. The summed E-state index contributed by atoms with van der Waals surface area (Å²) in [7, 11) is 1.80. The van der Waals surface area contributed by atoms with E-state index in [2.05, 4.69) is 20.5 Å². The number of pyridine rings is 1. The molecule has 0 spiro atoms. The number of benzene rings is 1. The molecule has 0 aliphatic carbocycles. The van der Waals surface area contributed by atoms with Gasteiger partial charge in [0.25, 0.3) is 0 Å². The maximum Gasteiger partial charge on any atom is 0.227 e. The van der Waals surface area contributed by atoms with Gasteiger partial charge in [0, 0.05) is 26.0 Å². The first kappa shape index (κ1) is 14.8. The summed E-state index contributed by atoms with van der Waals surface area (Å²) in [5.41, 5.74) is 2.82. The fourth-order valence-corrected chi connectivity index (χ4v) is 2.21. The van der Waals surface area contributed by atoms with Gasteiger partial charge in [-0.15, -0.1) is 5.10 Å². The van der Waals surface area contributed by atoms with Gasteiger partial charge in [-0.3, -0.25) is 9.78 Å². The van der Waals surface area contributed by atoms with Crippen molar-refractivity contribution in [2.45, 2.75) is 13.0 Å². The van der Waals surface area contributed by atoms with Crippen molar-refractivity contribution < 1.29 is 4.79 Å². The average molecular weight is 308 g/mol. The van der Waals surface area contributed by atoms with Crippen LogP contribution in [0, 0.1) is 0 Å². The second-order valence-corrected chi connectivity index (χ2v) is 5.21. The van der Waals surface area contributed by atoms with E-state index in [1.54, 1.807) is 29.0 Å². The number of tetrazole rings is 1. The molecule has 0 saturated heterocycles. The van der Waals surface area contributed by atoms with Crippen molar-refractivity contribution in [3.05, 3.63) is 66.2 Å². The van der Waals surface area contributed by atoms with Gasteiger partial charge in [0.05, 0.1) is 12.1 Å². The number of amides is 1. The van der Waals surface area contributed by atoms with Crippen molar-refractivity contribution in [2.75, 3.05) is 7.05 Å². The van der Waals surface area contributed by atoms with Crippen LogP contribution < -0.4 is 0 Å². The predicted molar refractivity (Wildman–Crippen MR) is 83.6 cm³/mol. The summed E-state index contributed by atoms with van der Waals surface area (Å²) in [6.07, 6.45) is 5.37. The topological polar surface area (TPSA) is 76.8 Å². The van der Waals surface area contributed by atoms with E-state index in [9.17, 15) is 4.79 Å². The van der Waals surface area contributed by atoms with Crippen LogP contribution in [0.2, 0.25) is 0 Å². The van der Waals surface area contributed by atoms with Crippen LogP contribution in [0.1, 0.15) is 11.1 Å². The summed E-state index contributed by atoms with van der Waals surface area (Å²) >= 11 is 0. The second kappa shape index (κ2) is 6.78. The molecule has 0 radical (unpaired) electrons. The van der Waals surface area contributed by atoms with E-state index >= 15 is 0 Å². The zero-order valence-corrected chi connectivity index (χ0v) is 12.7. The van der Waals surface area contributed by atoms with Crippen LogP contribution in [0.15, 0.2) is 55.1 Å². The van der Waals surface area contributed by atoms with Crippen LogP contribution in [0.4, 0.5) is 0 Å². The zero-order valence-electron chi connectivity index (χ0n) is 12.7. The van der Waals surface area contributed by atoms with E-state index in [1.165, 1.54) is 6.33 Å². The highest BCUT2D eigenvalue weighted by Gasteiger charge is 2.10. The number of carbonyl (C=O) groups excluding carboxylic acids is 1. The Morgan fingerprint density at radius 1 is 1.17 bits per heavy atom. The van der Waals surface area contributed by atoms with Crippen molar-refractivity contribution >= 4 is 5.91 Å². The van der Waals surface area contributed by atoms with Crippen LogP contribution in [-0.4, -0.2) is 43.0 Å². The van der Waals surface area contributed by atoms with Gasteiger partial charge in [-0.25, -0.2) is 4.68 Å². The molecule has 0 unspecified atom stereocenters. The second-order valence-electron chi connectivity index (χ2n) is 5.21. The molecule has 116 valence electrons. The lowest BCUT2D eigenvalue weighted by molar-refractivity contribution is -0.129. The van der Waals surface area contributed by atoms with Crippen LogP contribution in [0.5, 0.6) is 0 Å². The molecular formula is C16H16N6O. The maximum atomic E-state index is 12.3. The smallest absolute Gasteiger partial charge is 0.227 e. The van der Waals surface area contributed by atoms with Crippen molar-refractivity contribution in [3.63, 3.8) is 0 Å². The molecule has 0 aliphatic heterocycles. The van der Waals surface area contributed by atoms with Crippen LogP contribution >= 0.6 is 0 Å². The highest BCUT2D eigenvalue weighted by molar-refractivity contribution is 5.78. The lowest BCUT2D eigenvalue weighted by Gasteiger charge is -2.17. The first-order valence-corrected chi connectivity index (χ1v) is 7.17. The van der Waals surface area contributed by atoms with Gasteiger partial charge in [0.15, 0.2) is 0 Å². The number of rotatable bonds is 5. The monoisotopic (exact) mass is 308 g/mol. The highest BCUT2D eigenvalue weighted by atomic mass is 16.2. The van der Waals surface area contributed by atoms with Crippen molar-refractivity contribution in [2.24, 2.45) is 0 Å². The Labute approximate surface area is 133 Å². The Morgan fingerprint density at radius 3 is 2.65 bits per heavy atom. The predicted octanol–water partition coefficient (Wildman–Crippen LogP) is 1.26. The van der Waals surface area contributed by atoms with Gasteiger partial charge in [0.2, 0.25) is 5.91 Å². The first-order chi connectivity index (χ1) is 11.2. The van der Waals surface area contributed by atoms with Crippen LogP contribution in [0.3, 0.4) is 0 Å². The molecule has 0 fully saturated rings. The fraction of sp³-hybridized carbons (Fsp3) is 0.188. The molecule has 3 aromatic rings. The molecule has 7 nitrogen and oxygen atoms in total. The van der Waals surface area contributed by atoms with Crippen molar-refractivity contribution in [1.29, 1.82) is 0 Å². The van der Waals surface area contributed by atoms with Crippen molar-refractivity contribution in [3.8, 4) is 5.69 Å². The minimum absolute atomic E-state index is 0.0593. The number of hydrogen-bond donors (Lipinski definition) is 0. The van der Waals surface area contributed by atoms with Gasteiger partial charge >= 0.3 is 0 Å². The summed E-state index contributed by atoms with van der Waals surface area (Å²) in [5, 5.41) is 11.0. The van der Waals surface area contributed by atoms with E-state index in [0.717, 1.165) is 16.8 Å². The third-order valence-corrected chi connectivity index (χ3v) is 3.47. The largest absolute Gasteiger partial charge is 0.341 e. The molecule has 0 aliphatic rings. The third-order valence-electron chi connectivity index (χ3n) is 3.47. The van der Waals surface area contributed by atoms with E-state index in [0.29, 0.717) is 13.0 Å². The minimum Gasteiger partial charge on any atom is -0.341 e. The Bertz CT molecular complexity index is 755. The molecular weight excluding hydrogens is 292 g/mol. The number of carbonyl (C=O) groups is 1. The lowest BCUT2D eigenvalue weighted by Crippen LogP contribution is -2.27. The zero-order chi connectivity index (χ0) is 16.1. The molecule has 3 rings (SSSR count). The molecule has 2 aromatic heterocycles. The quantitative estimate of drug-likeness (QED) is 0.709. The van der Waals surface area contributed by atoms with E-state index in [4.69, 9.17) is 0 Å². The molecule has 1 amide bonds. The third kappa shape index (κ3) is 3.76. The molecule has 2 heterocycles. The van der Waals surface area contributed by atoms with E-state index < -0.39 is 0 Å². The highest BCUT2D eigenvalue weighted by Crippen LogP contribution is 2.10. The Hall–Kier alpha value is -3.09. The van der Waals surface area contributed by atoms with Gasteiger partial charge in [-0.05, 0) is 39.8 Å². The standard InChI is InChI=1S/C16H16N6O/c1-21(11-14-3-2-8-17-10-14)16(23)9-13-4-6-15(7-5-13)22-12-18-19-20-22/h2-8,10,12H,9,11H2,1H3. The van der Waals surface area contributed by atoms with Gasteiger partial charge in [-0.1, -0.05) is 18.2 Å². The summed E-state index contributed by atoms with van der Waals surface area (Å²) < 4.78 is 1.57. The lowest BCUT2D eigenvalue weighted by atomic mass is 10.1. The summed E-state index contributed by atoms with van der Waals surface area (Å²) in [6, 6.07) is 11.4. The Balaban J connectivity index is 1.61. The molecule has 23 heavy (non-hydrogen) atoms. The first-order valence-electron chi connectivity index (χ1n) is 7.17. The van der Waals surface area contributed by atoms with E-state index in [1.807, 2.05) is 36.4 Å². The molecule has 1 aromatic carbocycles. The molecule has 7 heteroatoms. The SMILES string of the molecule is CN(Cc1cccnc1)C(=O)Cc1ccc(-n2cnnn2)cc1. The summed E-state index contributed by atoms with van der Waals surface area (Å²) in [5.74, 6) is 0.0593. The van der Waals surface area contributed by atoms with Gasteiger partial charge < -0.3 is 4.90 Å². The number of hydrogen-bond acceptors (Lipinski definition) is 5. The van der Waals surface area contributed by atoms with Gasteiger partial charge in [0.1, 0.15) is 6.33 Å². The number of likely N-dealkylation sites (N-methyl/N-ethyl adjacent to an activating group) is 1. The number of nitrogens with zero attached hydrogens (tertiary/aromatic N) is 6. The van der Waals surface area contributed by atoms with Gasteiger partial charge in [-0.2, -0.15) is 0 Å². The number of aromatic nitrogens is 5. The molecule has 0 saturated carbocycles. The van der Waals surface area contributed by atoms with E-state index in [-0.39, 0.29) is 5.91 Å². The average Bonchev–Trinajstić information content (AvgIpc) is 3.11.